The van der Waals surface area contributed by atoms with E-state index in [9.17, 15) is 52.4 Å². The molecule has 0 spiro atoms. The quantitative estimate of drug-likeness (QED) is 0.0150. The van der Waals surface area contributed by atoms with Crippen LogP contribution in [0.5, 0.6) is 17.2 Å². The molecule has 23 nitrogen and oxygen atoms in total. The van der Waals surface area contributed by atoms with Crippen LogP contribution in [0.25, 0.3) is 0 Å². The molecule has 2 heterocycles. The van der Waals surface area contributed by atoms with Crippen LogP contribution >= 0.6 is 0 Å². The molecule has 2 aliphatic heterocycles. The van der Waals surface area contributed by atoms with Crippen LogP contribution in [0.2, 0.25) is 0 Å². The van der Waals surface area contributed by atoms with Gasteiger partial charge in [0.1, 0.15) is 38.1 Å². The molecule has 4 aromatic carbocycles. The monoisotopic (exact) mass is 1110 g/mol. The lowest BCUT2D eigenvalue weighted by molar-refractivity contribution is -0.878. The van der Waals surface area contributed by atoms with E-state index in [2.05, 4.69) is 16.0 Å². The van der Waals surface area contributed by atoms with Crippen LogP contribution < -0.4 is 40.0 Å². The molecule has 0 saturated carbocycles. The maximum absolute atomic E-state index is 14.4. The van der Waals surface area contributed by atoms with Crippen molar-refractivity contribution >= 4 is 62.3 Å². The van der Waals surface area contributed by atoms with Gasteiger partial charge in [0.15, 0.2) is 23.0 Å². The number of likely N-dealkylation sites (N-methyl/N-ethyl adjacent to an activating group) is 2. The molecule has 3 unspecified atom stereocenters. The first-order valence-corrected chi connectivity index (χ1v) is 26.8. The number of para-hydroxylation sites is 2. The number of nitro groups is 2. The number of ketones is 1. The molecule has 79 heavy (non-hydrogen) atoms. The fraction of sp³-hybridized carbons (Fsp3) is 0.364. The third-order valence-corrected chi connectivity index (χ3v) is 15.0. The summed E-state index contributed by atoms with van der Waals surface area (Å²) in [5.74, 6) is -2.70. The van der Waals surface area contributed by atoms with Crippen LogP contribution in [-0.2, 0) is 40.1 Å². The van der Waals surface area contributed by atoms with Crippen molar-refractivity contribution in [2.45, 2.75) is 64.0 Å². The molecule has 0 radical (unpaired) electrons. The summed E-state index contributed by atoms with van der Waals surface area (Å²) in [6.07, 6.45) is 0.874. The van der Waals surface area contributed by atoms with Gasteiger partial charge < -0.3 is 49.3 Å². The molecule has 4 N–H and O–H groups in total. The summed E-state index contributed by atoms with van der Waals surface area (Å²) in [6, 6.07) is 21.1. The summed E-state index contributed by atoms with van der Waals surface area (Å²) >= 11 is 0. The normalized spacial score (nSPS) is 17.3. The number of Topliss-reactive ketones (excluding diaryl/α,β-unsaturated/α-hetero) is 1. The van der Waals surface area contributed by atoms with Crippen molar-refractivity contribution in [1.29, 1.82) is 0 Å². The summed E-state index contributed by atoms with van der Waals surface area (Å²) in [6.45, 7) is 10.3. The third kappa shape index (κ3) is 12.9. The molecule has 0 aromatic heterocycles. The maximum Gasteiger partial charge on any atom is 0.514 e. The summed E-state index contributed by atoms with van der Waals surface area (Å²) < 4.78 is 60.8. The van der Waals surface area contributed by atoms with Crippen molar-refractivity contribution in [1.82, 2.24) is 16.0 Å². The van der Waals surface area contributed by atoms with Crippen molar-refractivity contribution in [3.8, 4) is 17.2 Å². The number of ether oxygens (including phenoxy) is 4. The van der Waals surface area contributed by atoms with Gasteiger partial charge >= 0.3 is 6.16 Å². The number of carbonyl (C=O) groups excluding carboxylic acids is 4. The number of allylic oxidation sites excluding steroid dienone is 5. The summed E-state index contributed by atoms with van der Waals surface area (Å²) in [5, 5.41) is 31.4. The molecule has 0 saturated heterocycles. The second-order valence-electron chi connectivity index (χ2n) is 20.3. The second kappa shape index (κ2) is 23.6. The summed E-state index contributed by atoms with van der Waals surface area (Å²) in [4.78, 5) is 78.3. The number of hydrogen-bond donors (Lipinski definition) is 4. The van der Waals surface area contributed by atoms with Gasteiger partial charge in [-0.3, -0.25) is 34.6 Å². The van der Waals surface area contributed by atoms with Crippen LogP contribution in [-0.4, -0.2) is 130 Å². The zero-order valence-corrected chi connectivity index (χ0v) is 46.0. The Balaban J connectivity index is 0.953. The number of rotatable bonds is 23. The van der Waals surface area contributed by atoms with Crippen molar-refractivity contribution in [3.63, 3.8) is 0 Å². The number of carbonyl (C=O) groups is 4. The van der Waals surface area contributed by atoms with E-state index in [-0.39, 0.29) is 77.2 Å². The Bertz CT molecular complexity index is 3350. The zero-order chi connectivity index (χ0) is 57.7. The average Bonchev–Trinajstić information content (AvgIpc) is 3.90. The molecule has 418 valence electrons. The molecule has 0 bridgehead atoms. The van der Waals surface area contributed by atoms with Crippen LogP contribution in [0, 0.1) is 20.2 Å². The molecule has 2 amide bonds. The number of non-ortho nitro benzene ring substituents is 1. The first-order valence-electron chi connectivity index (χ1n) is 25.2. The van der Waals surface area contributed by atoms with Gasteiger partial charge in [0, 0.05) is 72.2 Å². The molecule has 3 atom stereocenters. The van der Waals surface area contributed by atoms with E-state index < -0.39 is 72.4 Å². The maximum atomic E-state index is 14.4. The van der Waals surface area contributed by atoms with Crippen molar-refractivity contribution in [3.05, 3.63) is 157 Å². The molecule has 1 aliphatic carbocycles. The van der Waals surface area contributed by atoms with Gasteiger partial charge in [0.2, 0.25) is 17.5 Å². The number of methoxy groups -OCH3 is 1. The smallest absolute Gasteiger partial charge is 0.514 e. The van der Waals surface area contributed by atoms with Crippen molar-refractivity contribution < 1.29 is 70.4 Å². The highest BCUT2D eigenvalue weighted by Crippen LogP contribution is 2.48. The minimum atomic E-state index is -5.02. The van der Waals surface area contributed by atoms with E-state index in [1.807, 2.05) is 107 Å². The molecule has 3 aliphatic rings. The van der Waals surface area contributed by atoms with E-state index >= 15 is 0 Å². The largest absolute Gasteiger partial charge is 0.748 e. The van der Waals surface area contributed by atoms with Gasteiger partial charge in [0.05, 0.1) is 81.3 Å². The Labute approximate surface area is 456 Å². The number of quaternary nitrogens is 1. The number of fused-ring (bicyclic) bond motifs is 2. The van der Waals surface area contributed by atoms with E-state index in [4.69, 9.17) is 18.9 Å². The predicted molar refractivity (Wildman–Crippen MR) is 289 cm³/mol. The van der Waals surface area contributed by atoms with Crippen LogP contribution in [0.3, 0.4) is 0 Å². The fourth-order valence-corrected chi connectivity index (χ4v) is 10.6. The first kappa shape index (κ1) is 58.2. The number of hydrogen-bond acceptors (Lipinski definition) is 17. The Morgan fingerprint density at radius 2 is 1.54 bits per heavy atom. The standard InChI is InChI=1S/C55H62N8O15S/c1-33(77-53(67)78-35-20-18-34(19-21-35)62(68)69)36-28-45(75-9)46(31-44(36)63(70)71)76-27-26-59(6)25-24-56-49(64)22-23-57-52(66)41(32-79(72,73)74)58-50-37(29-47-54(2,3)39-14-10-12-16-42(39)60(47)7)51(65)38(50)30-48-55(4,5)40-15-11-13-17-43(40)61(48)8/h10-21,28-31,33,41H,22-27,32H2,1-9H3,(H3-,56,57,58,64,65,66,72,73,74)/p+1. The van der Waals surface area contributed by atoms with Gasteiger partial charge in [0.25, 0.3) is 11.4 Å². The Hall–Kier alpha value is -8.48. The van der Waals surface area contributed by atoms with Crippen LogP contribution in [0.1, 0.15) is 63.8 Å². The highest BCUT2D eigenvalue weighted by molar-refractivity contribution is 7.85. The Kier molecular flexibility index (Phi) is 17.4. The average molecular weight is 1110 g/mol. The van der Waals surface area contributed by atoms with E-state index in [1.165, 1.54) is 32.2 Å². The Morgan fingerprint density at radius 1 is 0.873 bits per heavy atom. The van der Waals surface area contributed by atoms with Crippen molar-refractivity contribution in [2.75, 3.05) is 71.7 Å². The predicted octanol–water partition coefficient (Wildman–Crippen LogP) is 4.59. The number of benzene rings is 4. The van der Waals surface area contributed by atoms with Gasteiger partial charge in [-0.1, -0.05) is 50.2 Å². The lowest BCUT2D eigenvalue weighted by atomic mass is 9.77. The Morgan fingerprint density at radius 3 is 2.18 bits per heavy atom. The first-order chi connectivity index (χ1) is 37.2. The SMILES string of the molecule is COc1cc(C(C)OC(=O)Oc2ccc([N+](=O)[O-])cc2)c([N+](=O)[O-])cc1OCC[NH+](C)CCNC(=O)CCNC(=O)C(CS(=O)(=O)[O-])NC1=C(/C=C2/N(C)c3ccccc3C2(C)C)C(=O)/C1=C\C1=[N+](C)c2ccccc2C1(C)C. The molecule has 24 heteroatoms. The molecule has 4 aromatic rings. The number of nitro benzene ring substituents is 2. The van der Waals surface area contributed by atoms with Crippen LogP contribution in [0.15, 0.2) is 120 Å². The summed E-state index contributed by atoms with van der Waals surface area (Å²) in [5.41, 5.74) is 4.35. The van der Waals surface area contributed by atoms with Gasteiger partial charge in [-0.25, -0.2) is 13.2 Å². The molecular weight excluding hydrogens is 1040 g/mol. The van der Waals surface area contributed by atoms with E-state index in [0.29, 0.717) is 13.1 Å². The van der Waals surface area contributed by atoms with E-state index in [0.717, 1.165) is 57.0 Å². The van der Waals surface area contributed by atoms with Crippen molar-refractivity contribution in [2.24, 2.45) is 0 Å². The number of nitrogens with one attached hydrogen (secondary N) is 4. The van der Waals surface area contributed by atoms with Crippen LogP contribution in [0.4, 0.5) is 27.5 Å². The highest BCUT2D eigenvalue weighted by Gasteiger charge is 2.47. The lowest BCUT2D eigenvalue weighted by Crippen LogP contribution is -3.10. The summed E-state index contributed by atoms with van der Waals surface area (Å²) in [7, 11) is 1.91. The fourth-order valence-electron chi connectivity index (χ4n) is 9.91. The topological polar surface area (TPSA) is 295 Å². The molecule has 7 rings (SSSR count). The van der Waals surface area contributed by atoms with Gasteiger partial charge in [-0.15, -0.1) is 0 Å². The van der Waals surface area contributed by atoms with E-state index in [1.54, 1.807) is 12.2 Å². The number of nitrogens with zero attached hydrogens (tertiary/aromatic N) is 4. The molecule has 0 fully saturated rings. The minimum absolute atomic E-state index is 0.0280. The number of amides is 2. The van der Waals surface area contributed by atoms with Gasteiger partial charge in [-0.05, 0) is 56.7 Å². The zero-order valence-electron chi connectivity index (χ0n) is 45.2. The minimum Gasteiger partial charge on any atom is -0.748 e. The lowest BCUT2D eigenvalue weighted by Gasteiger charge is -2.32. The third-order valence-electron chi connectivity index (χ3n) is 14.3. The highest BCUT2D eigenvalue weighted by atomic mass is 32.2. The number of anilines is 1. The van der Waals surface area contributed by atoms with Gasteiger partial charge in [-0.2, -0.15) is 4.58 Å². The molecular formula is C55H63N8O15S+. The second-order valence-corrected chi connectivity index (χ2v) is 21.7.